The van der Waals surface area contributed by atoms with Crippen LogP contribution in [0.15, 0.2) is 30.7 Å². The maximum atomic E-state index is 13.3. The average Bonchev–Trinajstić information content (AvgIpc) is 3.39. The van der Waals surface area contributed by atoms with Gasteiger partial charge in [0.05, 0.1) is 17.3 Å². The third-order valence-electron chi connectivity index (χ3n) is 4.22. The molecule has 2 aromatic rings. The minimum Gasteiger partial charge on any atom is -0.491 e. The van der Waals surface area contributed by atoms with Gasteiger partial charge in [0.15, 0.2) is 0 Å². The second-order valence-corrected chi connectivity index (χ2v) is 6.03. The Kier molecular flexibility index (Phi) is 3.44. The summed E-state index contributed by atoms with van der Waals surface area (Å²) in [6.45, 7) is 0.372. The molecule has 4 rings (SSSR count). The number of ether oxygens (including phenoxy) is 1. The van der Waals surface area contributed by atoms with E-state index >= 15 is 0 Å². The number of nitrogens with one attached hydrogen (secondary N) is 1. The summed E-state index contributed by atoms with van der Waals surface area (Å²) in [6, 6.07) is 4.26. The van der Waals surface area contributed by atoms with E-state index in [0.717, 1.165) is 24.1 Å². The molecule has 0 saturated heterocycles. The molecular formula is C17H16FN3O2. The van der Waals surface area contributed by atoms with Crippen molar-refractivity contribution in [2.45, 2.75) is 31.2 Å². The number of benzene rings is 1. The minimum atomic E-state index is -0.299. The number of hydrogen-bond acceptors (Lipinski definition) is 4. The maximum absolute atomic E-state index is 13.3. The van der Waals surface area contributed by atoms with Crippen LogP contribution in [-0.4, -0.2) is 28.5 Å². The van der Waals surface area contributed by atoms with Gasteiger partial charge in [-0.15, -0.1) is 0 Å². The summed E-state index contributed by atoms with van der Waals surface area (Å²) in [5.41, 5.74) is 2.12. The number of halogens is 1. The van der Waals surface area contributed by atoms with E-state index in [1.54, 1.807) is 12.3 Å². The quantitative estimate of drug-likeness (QED) is 0.944. The van der Waals surface area contributed by atoms with Gasteiger partial charge in [0, 0.05) is 12.1 Å². The first-order valence-electron chi connectivity index (χ1n) is 7.72. The van der Waals surface area contributed by atoms with Gasteiger partial charge < -0.3 is 10.1 Å². The molecule has 1 unspecified atom stereocenters. The standard InChI is InChI=1S/C17H16FN3O2/c18-12-3-4-15-11(5-12)6-13(8-23-15)21-17(22)14-7-19-9-20-16(14)10-1-2-10/h3-5,7,9-10,13H,1-2,6,8H2,(H,21,22). The highest BCUT2D eigenvalue weighted by Gasteiger charge is 2.30. The zero-order valence-electron chi connectivity index (χ0n) is 12.5. The van der Waals surface area contributed by atoms with E-state index in [-0.39, 0.29) is 17.8 Å². The lowest BCUT2D eigenvalue weighted by Crippen LogP contribution is -2.43. The van der Waals surface area contributed by atoms with Crippen LogP contribution in [-0.2, 0) is 6.42 Å². The Morgan fingerprint density at radius 2 is 2.22 bits per heavy atom. The maximum Gasteiger partial charge on any atom is 0.255 e. The van der Waals surface area contributed by atoms with E-state index in [9.17, 15) is 9.18 Å². The predicted molar refractivity (Wildman–Crippen MR) is 80.9 cm³/mol. The van der Waals surface area contributed by atoms with Crippen LogP contribution in [0.4, 0.5) is 4.39 Å². The molecule has 0 radical (unpaired) electrons. The molecule has 1 aliphatic carbocycles. The van der Waals surface area contributed by atoms with Gasteiger partial charge in [-0.25, -0.2) is 14.4 Å². The van der Waals surface area contributed by atoms with Gasteiger partial charge in [-0.2, -0.15) is 0 Å². The molecule has 2 heterocycles. The zero-order valence-corrected chi connectivity index (χ0v) is 12.5. The number of carbonyl (C=O) groups excluding carboxylic acids is 1. The van der Waals surface area contributed by atoms with Crippen molar-refractivity contribution in [3.05, 3.63) is 53.4 Å². The summed E-state index contributed by atoms with van der Waals surface area (Å²) in [5.74, 6) is 0.558. The first kappa shape index (κ1) is 14.1. The number of hydrogen-bond donors (Lipinski definition) is 1. The minimum absolute atomic E-state index is 0.191. The normalized spacial score (nSPS) is 19.6. The van der Waals surface area contributed by atoms with Crippen molar-refractivity contribution in [2.75, 3.05) is 6.61 Å². The van der Waals surface area contributed by atoms with Crippen molar-refractivity contribution in [1.29, 1.82) is 0 Å². The lowest BCUT2D eigenvalue weighted by atomic mass is 10.0. The van der Waals surface area contributed by atoms with E-state index in [1.807, 2.05) is 0 Å². The number of amides is 1. The molecule has 5 nitrogen and oxygen atoms in total. The molecule has 1 aliphatic heterocycles. The van der Waals surface area contributed by atoms with Crippen LogP contribution in [0.2, 0.25) is 0 Å². The third kappa shape index (κ3) is 2.88. The topological polar surface area (TPSA) is 64.1 Å². The van der Waals surface area contributed by atoms with Gasteiger partial charge in [0.1, 0.15) is 24.5 Å². The van der Waals surface area contributed by atoms with Crippen molar-refractivity contribution in [1.82, 2.24) is 15.3 Å². The molecule has 6 heteroatoms. The fourth-order valence-electron chi connectivity index (χ4n) is 2.92. The molecule has 0 bridgehead atoms. The van der Waals surface area contributed by atoms with Crippen LogP contribution in [0.5, 0.6) is 5.75 Å². The SMILES string of the molecule is O=C(NC1COc2ccc(F)cc2C1)c1cncnc1C1CC1. The lowest BCUT2D eigenvalue weighted by Gasteiger charge is -2.26. The molecule has 2 aliphatic rings. The van der Waals surface area contributed by atoms with E-state index in [2.05, 4.69) is 15.3 Å². The molecule has 1 saturated carbocycles. The number of fused-ring (bicyclic) bond motifs is 1. The lowest BCUT2D eigenvalue weighted by molar-refractivity contribution is 0.0913. The molecule has 1 amide bonds. The number of aromatic nitrogens is 2. The van der Waals surface area contributed by atoms with E-state index in [4.69, 9.17) is 4.74 Å². The summed E-state index contributed by atoms with van der Waals surface area (Å²) in [6.07, 6.45) is 5.72. The van der Waals surface area contributed by atoms with Gasteiger partial charge >= 0.3 is 0 Å². The molecule has 1 atom stereocenters. The highest BCUT2D eigenvalue weighted by molar-refractivity contribution is 5.95. The summed E-state index contributed by atoms with van der Waals surface area (Å²) < 4.78 is 18.9. The van der Waals surface area contributed by atoms with Gasteiger partial charge in [-0.3, -0.25) is 4.79 Å². The molecule has 118 valence electrons. The number of nitrogens with zero attached hydrogens (tertiary/aromatic N) is 2. The first-order chi connectivity index (χ1) is 11.2. The molecule has 1 fully saturated rings. The second-order valence-electron chi connectivity index (χ2n) is 6.03. The number of rotatable bonds is 3. The Bertz CT molecular complexity index is 761. The van der Waals surface area contributed by atoms with Crippen molar-refractivity contribution in [2.24, 2.45) is 0 Å². The van der Waals surface area contributed by atoms with E-state index in [1.165, 1.54) is 18.5 Å². The Hall–Kier alpha value is -2.50. The van der Waals surface area contributed by atoms with E-state index < -0.39 is 0 Å². The van der Waals surface area contributed by atoms with Gasteiger partial charge in [-0.05, 0) is 43.0 Å². The molecule has 1 aromatic heterocycles. The van der Waals surface area contributed by atoms with Crippen molar-refractivity contribution >= 4 is 5.91 Å². The van der Waals surface area contributed by atoms with Crippen molar-refractivity contribution in [3.63, 3.8) is 0 Å². The van der Waals surface area contributed by atoms with Crippen molar-refractivity contribution in [3.8, 4) is 5.75 Å². The molecule has 1 aromatic carbocycles. The third-order valence-corrected chi connectivity index (χ3v) is 4.22. The van der Waals surface area contributed by atoms with Crippen LogP contribution in [0.3, 0.4) is 0 Å². The Morgan fingerprint density at radius 1 is 1.35 bits per heavy atom. The molecule has 23 heavy (non-hydrogen) atoms. The fourth-order valence-corrected chi connectivity index (χ4v) is 2.92. The summed E-state index contributed by atoms with van der Waals surface area (Å²) >= 11 is 0. The second kappa shape index (κ2) is 5.61. The summed E-state index contributed by atoms with van der Waals surface area (Å²) in [4.78, 5) is 20.7. The highest BCUT2D eigenvalue weighted by Crippen LogP contribution is 2.40. The molecular weight excluding hydrogens is 297 g/mol. The van der Waals surface area contributed by atoms with Crippen LogP contribution in [0.1, 0.15) is 40.4 Å². The van der Waals surface area contributed by atoms with Gasteiger partial charge in [0.25, 0.3) is 5.91 Å². The Labute approximate surface area is 132 Å². The Balaban J connectivity index is 1.50. The fraction of sp³-hybridized carbons (Fsp3) is 0.353. The first-order valence-corrected chi connectivity index (χ1v) is 7.72. The van der Waals surface area contributed by atoms with Crippen molar-refractivity contribution < 1.29 is 13.9 Å². The van der Waals surface area contributed by atoms with Crippen LogP contribution in [0, 0.1) is 5.82 Å². The summed E-state index contributed by atoms with van der Waals surface area (Å²) in [7, 11) is 0. The summed E-state index contributed by atoms with van der Waals surface area (Å²) in [5, 5.41) is 2.95. The monoisotopic (exact) mass is 313 g/mol. The van der Waals surface area contributed by atoms with Crippen LogP contribution in [0.25, 0.3) is 0 Å². The smallest absolute Gasteiger partial charge is 0.255 e. The van der Waals surface area contributed by atoms with Crippen LogP contribution < -0.4 is 10.1 Å². The van der Waals surface area contributed by atoms with E-state index in [0.29, 0.717) is 30.3 Å². The zero-order chi connectivity index (χ0) is 15.8. The largest absolute Gasteiger partial charge is 0.491 e. The Morgan fingerprint density at radius 3 is 3.04 bits per heavy atom. The molecule has 1 N–H and O–H groups in total. The highest BCUT2D eigenvalue weighted by atomic mass is 19.1. The van der Waals surface area contributed by atoms with Crippen LogP contribution >= 0.6 is 0 Å². The predicted octanol–water partition coefficient (Wildman–Crippen LogP) is 2.23. The number of carbonyl (C=O) groups is 1. The van der Waals surface area contributed by atoms with Gasteiger partial charge in [-0.1, -0.05) is 0 Å². The average molecular weight is 313 g/mol. The van der Waals surface area contributed by atoms with Gasteiger partial charge in [0.2, 0.25) is 0 Å². The molecule has 0 spiro atoms.